The predicted molar refractivity (Wildman–Crippen MR) is 99.5 cm³/mol. The molecule has 0 atom stereocenters. The Morgan fingerprint density at radius 1 is 1.31 bits per heavy atom. The van der Waals surface area contributed by atoms with Crippen LogP contribution in [-0.4, -0.2) is 23.3 Å². The van der Waals surface area contributed by atoms with Gasteiger partial charge < -0.3 is 15.1 Å². The molecule has 1 saturated carbocycles. The van der Waals surface area contributed by atoms with Crippen molar-refractivity contribution in [2.75, 3.05) is 11.9 Å². The van der Waals surface area contributed by atoms with Crippen molar-refractivity contribution in [1.29, 1.82) is 0 Å². The van der Waals surface area contributed by atoms with Gasteiger partial charge in [-0.25, -0.2) is 4.98 Å². The third-order valence-corrected chi connectivity index (χ3v) is 4.41. The molecular weight excluding hydrogens is 354 g/mol. The van der Waals surface area contributed by atoms with Crippen LogP contribution in [0, 0.1) is 11.8 Å². The molecule has 1 aliphatic rings. The smallest absolute Gasteiger partial charge is 0.277 e. The van der Waals surface area contributed by atoms with E-state index in [0.717, 1.165) is 6.42 Å². The van der Waals surface area contributed by atoms with Gasteiger partial charge in [-0.3, -0.25) is 9.59 Å². The highest BCUT2D eigenvalue weighted by atomic mass is 35.5. The number of rotatable bonds is 7. The van der Waals surface area contributed by atoms with E-state index in [1.54, 1.807) is 18.2 Å². The number of anilines is 1. The summed E-state index contributed by atoms with van der Waals surface area (Å²) < 4.78 is 5.35. The van der Waals surface area contributed by atoms with Gasteiger partial charge in [-0.05, 0) is 42.9 Å². The fourth-order valence-corrected chi connectivity index (χ4v) is 2.65. The first-order chi connectivity index (χ1) is 12.4. The van der Waals surface area contributed by atoms with Gasteiger partial charge in [-0.15, -0.1) is 0 Å². The van der Waals surface area contributed by atoms with E-state index in [1.165, 1.54) is 19.1 Å². The predicted octanol–water partition coefficient (Wildman–Crippen LogP) is 3.92. The minimum atomic E-state index is -0.383. The molecular formula is C19H22ClN3O3. The van der Waals surface area contributed by atoms with Gasteiger partial charge in [-0.1, -0.05) is 25.4 Å². The van der Waals surface area contributed by atoms with E-state index in [4.69, 9.17) is 16.0 Å². The van der Waals surface area contributed by atoms with Crippen LogP contribution in [0.5, 0.6) is 0 Å². The summed E-state index contributed by atoms with van der Waals surface area (Å²) in [6, 6.07) is 4.79. The Hall–Kier alpha value is -2.34. The number of nitrogens with one attached hydrogen (secondary N) is 2. The SMILES string of the molecule is CC(C)CNC(=O)c1cc(NC(=O)c2coc(CC3CC3)n2)ccc1Cl. The minimum absolute atomic E-state index is 0.224. The van der Waals surface area contributed by atoms with E-state index in [-0.39, 0.29) is 17.5 Å². The number of oxazole rings is 1. The summed E-state index contributed by atoms with van der Waals surface area (Å²) in [6.45, 7) is 4.57. The van der Waals surface area contributed by atoms with Crippen LogP contribution in [0.3, 0.4) is 0 Å². The summed E-state index contributed by atoms with van der Waals surface area (Å²) in [5.41, 5.74) is 1.02. The monoisotopic (exact) mass is 375 g/mol. The number of amides is 2. The lowest BCUT2D eigenvalue weighted by molar-refractivity contribution is 0.0947. The fraction of sp³-hybridized carbons (Fsp3) is 0.421. The molecule has 1 fully saturated rings. The Balaban J connectivity index is 1.66. The number of carbonyl (C=O) groups excluding carboxylic acids is 2. The average molecular weight is 376 g/mol. The van der Waals surface area contributed by atoms with Crippen molar-refractivity contribution >= 4 is 29.1 Å². The Kier molecular flexibility index (Phi) is 5.61. The standard InChI is InChI=1S/C19H22ClN3O3/c1-11(2)9-21-18(24)14-8-13(5-6-15(14)20)22-19(25)16-10-26-17(23-16)7-12-3-4-12/h5-6,8,10-12H,3-4,7,9H2,1-2H3,(H,21,24)(H,22,25). The molecule has 0 saturated heterocycles. The number of aromatic nitrogens is 1. The lowest BCUT2D eigenvalue weighted by atomic mass is 10.1. The number of carbonyl (C=O) groups is 2. The molecule has 0 spiro atoms. The van der Waals surface area contributed by atoms with Gasteiger partial charge in [0.2, 0.25) is 0 Å². The Morgan fingerprint density at radius 3 is 2.77 bits per heavy atom. The summed E-state index contributed by atoms with van der Waals surface area (Å²) in [7, 11) is 0. The molecule has 26 heavy (non-hydrogen) atoms. The van der Waals surface area contributed by atoms with Crippen molar-refractivity contribution in [2.24, 2.45) is 11.8 Å². The molecule has 7 heteroatoms. The van der Waals surface area contributed by atoms with E-state index in [9.17, 15) is 9.59 Å². The second kappa shape index (κ2) is 7.91. The maximum absolute atomic E-state index is 12.3. The highest BCUT2D eigenvalue weighted by molar-refractivity contribution is 6.34. The third kappa shape index (κ3) is 4.85. The Bertz CT molecular complexity index is 812. The lowest BCUT2D eigenvalue weighted by Gasteiger charge is -2.10. The van der Waals surface area contributed by atoms with Gasteiger partial charge >= 0.3 is 0 Å². The number of hydrogen-bond acceptors (Lipinski definition) is 4. The molecule has 2 aromatic rings. The molecule has 2 N–H and O–H groups in total. The van der Waals surface area contributed by atoms with E-state index < -0.39 is 0 Å². The van der Waals surface area contributed by atoms with Crippen LogP contribution in [0.25, 0.3) is 0 Å². The van der Waals surface area contributed by atoms with Crippen molar-refractivity contribution in [2.45, 2.75) is 33.1 Å². The Labute approximate surface area is 157 Å². The lowest BCUT2D eigenvalue weighted by Crippen LogP contribution is -2.27. The van der Waals surface area contributed by atoms with Crippen molar-refractivity contribution in [3.05, 3.63) is 46.6 Å². The molecule has 1 heterocycles. The highest BCUT2D eigenvalue weighted by Gasteiger charge is 2.24. The second-order valence-corrected chi connectivity index (χ2v) is 7.43. The minimum Gasteiger partial charge on any atom is -0.448 e. The number of hydrogen-bond donors (Lipinski definition) is 2. The summed E-state index contributed by atoms with van der Waals surface area (Å²) in [4.78, 5) is 28.8. The van der Waals surface area contributed by atoms with E-state index in [1.807, 2.05) is 13.8 Å². The first-order valence-corrected chi connectivity index (χ1v) is 9.13. The number of nitrogens with zero attached hydrogens (tertiary/aromatic N) is 1. The van der Waals surface area contributed by atoms with Gasteiger partial charge in [0, 0.05) is 18.7 Å². The zero-order valence-electron chi connectivity index (χ0n) is 14.8. The summed E-state index contributed by atoms with van der Waals surface area (Å²) >= 11 is 6.12. The zero-order chi connectivity index (χ0) is 18.7. The van der Waals surface area contributed by atoms with Gasteiger partial charge in [0.25, 0.3) is 11.8 Å². The van der Waals surface area contributed by atoms with E-state index in [0.29, 0.717) is 40.5 Å². The first kappa shape index (κ1) is 18.5. The van der Waals surface area contributed by atoms with Gasteiger partial charge in [0.1, 0.15) is 6.26 Å². The molecule has 1 aliphatic carbocycles. The average Bonchev–Trinajstić information content (AvgIpc) is 3.28. The van der Waals surface area contributed by atoms with Crippen LogP contribution in [0.4, 0.5) is 5.69 Å². The molecule has 0 unspecified atom stereocenters. The summed E-state index contributed by atoms with van der Waals surface area (Å²) in [5, 5.41) is 5.87. The first-order valence-electron chi connectivity index (χ1n) is 8.76. The molecule has 2 amide bonds. The van der Waals surface area contributed by atoms with Crippen molar-refractivity contribution < 1.29 is 14.0 Å². The van der Waals surface area contributed by atoms with Crippen LogP contribution in [0.2, 0.25) is 5.02 Å². The molecule has 6 nitrogen and oxygen atoms in total. The maximum Gasteiger partial charge on any atom is 0.277 e. The fourth-order valence-electron chi connectivity index (χ4n) is 2.44. The second-order valence-electron chi connectivity index (χ2n) is 7.03. The van der Waals surface area contributed by atoms with Crippen LogP contribution in [-0.2, 0) is 6.42 Å². The summed E-state index contributed by atoms with van der Waals surface area (Å²) in [5.74, 6) is 0.896. The maximum atomic E-state index is 12.3. The molecule has 138 valence electrons. The number of benzene rings is 1. The molecule has 0 radical (unpaired) electrons. The van der Waals surface area contributed by atoms with Crippen LogP contribution < -0.4 is 10.6 Å². The van der Waals surface area contributed by atoms with E-state index in [2.05, 4.69) is 15.6 Å². The third-order valence-electron chi connectivity index (χ3n) is 4.08. The highest BCUT2D eigenvalue weighted by Crippen LogP contribution is 2.32. The van der Waals surface area contributed by atoms with Crippen LogP contribution in [0.15, 0.2) is 28.9 Å². The summed E-state index contributed by atoms with van der Waals surface area (Å²) in [6.07, 6.45) is 4.51. The molecule has 1 aromatic carbocycles. The van der Waals surface area contributed by atoms with Crippen molar-refractivity contribution in [3.8, 4) is 0 Å². The number of halogens is 1. The van der Waals surface area contributed by atoms with E-state index >= 15 is 0 Å². The van der Waals surface area contributed by atoms with Crippen LogP contribution in [0.1, 0.15) is 53.4 Å². The topological polar surface area (TPSA) is 84.2 Å². The van der Waals surface area contributed by atoms with Gasteiger partial charge in [0.15, 0.2) is 11.6 Å². The Morgan fingerprint density at radius 2 is 2.08 bits per heavy atom. The van der Waals surface area contributed by atoms with Crippen LogP contribution >= 0.6 is 11.6 Å². The quantitative estimate of drug-likeness (QED) is 0.768. The molecule has 0 aliphatic heterocycles. The van der Waals surface area contributed by atoms with Gasteiger partial charge in [0.05, 0.1) is 10.6 Å². The van der Waals surface area contributed by atoms with Crippen molar-refractivity contribution in [1.82, 2.24) is 10.3 Å². The molecule has 0 bridgehead atoms. The molecule has 3 rings (SSSR count). The van der Waals surface area contributed by atoms with Gasteiger partial charge in [-0.2, -0.15) is 0 Å². The molecule has 1 aromatic heterocycles. The normalized spacial score (nSPS) is 13.7. The largest absolute Gasteiger partial charge is 0.448 e. The van der Waals surface area contributed by atoms with Crippen molar-refractivity contribution in [3.63, 3.8) is 0 Å². The zero-order valence-corrected chi connectivity index (χ0v) is 15.6.